The van der Waals surface area contributed by atoms with Gasteiger partial charge in [0, 0.05) is 18.5 Å². The summed E-state index contributed by atoms with van der Waals surface area (Å²) in [4.78, 5) is 18.7. The van der Waals surface area contributed by atoms with Crippen molar-refractivity contribution in [3.05, 3.63) is 17.2 Å². The van der Waals surface area contributed by atoms with Crippen LogP contribution >= 0.6 is 0 Å². The molecule has 88 valence electrons. The van der Waals surface area contributed by atoms with Crippen molar-refractivity contribution >= 4 is 5.97 Å². The number of H-pyrrole nitrogens is 1. The maximum atomic E-state index is 10.9. The topological polar surface area (TPSA) is 66.0 Å². The molecule has 0 spiro atoms. The summed E-state index contributed by atoms with van der Waals surface area (Å²) in [5, 5.41) is 8.98. The molecule has 0 saturated heterocycles. The number of aliphatic carboxylic acids is 1. The van der Waals surface area contributed by atoms with E-state index in [9.17, 15) is 4.79 Å². The molecule has 0 bridgehead atoms. The number of aromatic amines is 1. The summed E-state index contributed by atoms with van der Waals surface area (Å²) >= 11 is 0. The van der Waals surface area contributed by atoms with Crippen molar-refractivity contribution < 1.29 is 9.90 Å². The normalized spacial score (nSPS) is 19.8. The molecule has 1 aliphatic carbocycles. The third kappa shape index (κ3) is 2.26. The van der Waals surface area contributed by atoms with E-state index in [1.165, 1.54) is 0 Å². The Morgan fingerprint density at radius 3 is 3.00 bits per heavy atom. The quantitative estimate of drug-likeness (QED) is 0.819. The smallest absolute Gasteiger partial charge is 0.306 e. The Morgan fingerprint density at radius 1 is 1.62 bits per heavy atom. The van der Waals surface area contributed by atoms with Crippen LogP contribution in [0.25, 0.3) is 0 Å². The average molecular weight is 222 g/mol. The van der Waals surface area contributed by atoms with E-state index in [4.69, 9.17) is 5.11 Å². The third-order valence-electron chi connectivity index (χ3n) is 3.04. The molecule has 1 aromatic heterocycles. The number of fused-ring (bicyclic) bond motifs is 1. The zero-order valence-corrected chi connectivity index (χ0v) is 9.79. The fraction of sp³-hybridized carbons (Fsp3) is 0.667. The summed E-state index contributed by atoms with van der Waals surface area (Å²) in [6.45, 7) is 4.31. The lowest BCUT2D eigenvalue weighted by Crippen LogP contribution is -2.22. The van der Waals surface area contributed by atoms with E-state index in [-0.39, 0.29) is 5.92 Å². The molecule has 2 N–H and O–H groups in total. The molecule has 2 rings (SSSR count). The van der Waals surface area contributed by atoms with Gasteiger partial charge in [-0.25, -0.2) is 4.98 Å². The lowest BCUT2D eigenvalue weighted by atomic mass is 9.90. The number of aromatic nitrogens is 2. The van der Waals surface area contributed by atoms with Crippen molar-refractivity contribution in [3.63, 3.8) is 0 Å². The van der Waals surface area contributed by atoms with Crippen LogP contribution in [0.4, 0.5) is 0 Å². The van der Waals surface area contributed by atoms with Crippen molar-refractivity contribution in [2.75, 3.05) is 0 Å². The molecule has 1 atom stereocenters. The number of hydrogen-bond donors (Lipinski definition) is 2. The van der Waals surface area contributed by atoms with Gasteiger partial charge in [0.25, 0.3) is 0 Å². The largest absolute Gasteiger partial charge is 0.481 e. The minimum Gasteiger partial charge on any atom is -0.481 e. The SMILES string of the molecule is CC(C)Cc1nc2c([nH]1)CC(C(=O)O)CC2. The number of nitrogens with zero attached hydrogens (tertiary/aromatic N) is 1. The van der Waals surface area contributed by atoms with Crippen LogP contribution in [0.15, 0.2) is 0 Å². The molecule has 16 heavy (non-hydrogen) atoms. The van der Waals surface area contributed by atoms with E-state index >= 15 is 0 Å². The summed E-state index contributed by atoms with van der Waals surface area (Å²) in [7, 11) is 0. The molecule has 0 aromatic carbocycles. The molecule has 0 amide bonds. The molecule has 0 radical (unpaired) electrons. The number of carboxylic acids is 1. The van der Waals surface area contributed by atoms with Gasteiger partial charge in [0.15, 0.2) is 0 Å². The standard InChI is InChI=1S/C12H18N2O2/c1-7(2)5-11-13-9-4-3-8(12(15)16)6-10(9)14-11/h7-8H,3-6H2,1-2H3,(H,13,14)(H,15,16). The highest BCUT2D eigenvalue weighted by molar-refractivity contribution is 5.70. The van der Waals surface area contributed by atoms with Gasteiger partial charge in [0.1, 0.15) is 5.82 Å². The molecule has 4 heteroatoms. The van der Waals surface area contributed by atoms with Gasteiger partial charge in [-0.1, -0.05) is 13.8 Å². The van der Waals surface area contributed by atoms with Crippen molar-refractivity contribution in [3.8, 4) is 0 Å². The molecular weight excluding hydrogens is 204 g/mol. The van der Waals surface area contributed by atoms with E-state index in [1.807, 2.05) is 0 Å². The van der Waals surface area contributed by atoms with Crippen LogP contribution in [0, 0.1) is 11.8 Å². The van der Waals surface area contributed by atoms with Gasteiger partial charge in [-0.15, -0.1) is 0 Å². The van der Waals surface area contributed by atoms with Crippen LogP contribution in [0.2, 0.25) is 0 Å². The Hall–Kier alpha value is -1.32. The van der Waals surface area contributed by atoms with Gasteiger partial charge >= 0.3 is 5.97 Å². The second kappa shape index (κ2) is 4.28. The van der Waals surface area contributed by atoms with Crippen molar-refractivity contribution in [1.82, 2.24) is 9.97 Å². The zero-order valence-electron chi connectivity index (χ0n) is 9.79. The lowest BCUT2D eigenvalue weighted by molar-refractivity contribution is -0.142. The second-order valence-corrected chi connectivity index (χ2v) is 4.98. The second-order valence-electron chi connectivity index (χ2n) is 4.98. The van der Waals surface area contributed by atoms with Gasteiger partial charge in [0.2, 0.25) is 0 Å². The molecular formula is C12H18N2O2. The highest BCUT2D eigenvalue weighted by Crippen LogP contribution is 2.24. The summed E-state index contributed by atoms with van der Waals surface area (Å²) < 4.78 is 0. The van der Waals surface area contributed by atoms with Gasteiger partial charge < -0.3 is 10.1 Å². The first-order chi connectivity index (χ1) is 7.56. The minimum absolute atomic E-state index is 0.236. The van der Waals surface area contributed by atoms with Crippen molar-refractivity contribution in [2.45, 2.75) is 39.5 Å². The molecule has 1 unspecified atom stereocenters. The number of aryl methyl sites for hydroxylation is 1. The van der Waals surface area contributed by atoms with Crippen LogP contribution in [-0.2, 0) is 24.1 Å². The molecule has 1 heterocycles. The number of hydrogen-bond acceptors (Lipinski definition) is 2. The highest BCUT2D eigenvalue weighted by atomic mass is 16.4. The monoisotopic (exact) mass is 222 g/mol. The van der Waals surface area contributed by atoms with E-state index in [0.717, 1.165) is 30.1 Å². The van der Waals surface area contributed by atoms with Gasteiger partial charge in [-0.05, 0) is 18.8 Å². The predicted molar refractivity (Wildman–Crippen MR) is 60.3 cm³/mol. The van der Waals surface area contributed by atoms with Crippen LogP contribution in [0.3, 0.4) is 0 Å². The summed E-state index contributed by atoms with van der Waals surface area (Å²) in [5.74, 6) is 0.652. The zero-order chi connectivity index (χ0) is 11.7. The van der Waals surface area contributed by atoms with Crippen molar-refractivity contribution in [2.24, 2.45) is 11.8 Å². The predicted octanol–water partition coefficient (Wildman–Crippen LogP) is 1.80. The molecule has 0 aliphatic heterocycles. The molecule has 0 saturated carbocycles. The van der Waals surface area contributed by atoms with E-state index in [0.29, 0.717) is 18.8 Å². The lowest BCUT2D eigenvalue weighted by Gasteiger charge is -2.16. The Labute approximate surface area is 95.1 Å². The third-order valence-corrected chi connectivity index (χ3v) is 3.04. The first-order valence-electron chi connectivity index (χ1n) is 5.85. The van der Waals surface area contributed by atoms with Gasteiger partial charge in [0.05, 0.1) is 11.6 Å². The van der Waals surface area contributed by atoms with Crippen molar-refractivity contribution in [1.29, 1.82) is 0 Å². The maximum absolute atomic E-state index is 10.9. The molecule has 1 aliphatic rings. The average Bonchev–Trinajstić information content (AvgIpc) is 2.56. The summed E-state index contributed by atoms with van der Waals surface area (Å²) in [6, 6.07) is 0. The maximum Gasteiger partial charge on any atom is 0.306 e. The Bertz CT molecular complexity index is 396. The van der Waals surface area contributed by atoms with Crippen LogP contribution in [-0.4, -0.2) is 21.0 Å². The Balaban J connectivity index is 2.13. The Kier molecular flexibility index (Phi) is 2.99. The molecule has 0 fully saturated rings. The fourth-order valence-electron chi connectivity index (χ4n) is 2.23. The highest BCUT2D eigenvalue weighted by Gasteiger charge is 2.26. The van der Waals surface area contributed by atoms with E-state index in [2.05, 4.69) is 23.8 Å². The summed E-state index contributed by atoms with van der Waals surface area (Å²) in [6.07, 6.45) is 3.05. The van der Waals surface area contributed by atoms with E-state index in [1.54, 1.807) is 0 Å². The first-order valence-corrected chi connectivity index (χ1v) is 5.85. The number of carboxylic acid groups (broad SMARTS) is 1. The Morgan fingerprint density at radius 2 is 2.38 bits per heavy atom. The van der Waals surface area contributed by atoms with E-state index < -0.39 is 5.97 Å². The van der Waals surface area contributed by atoms with Crippen LogP contribution in [0.1, 0.15) is 37.5 Å². The minimum atomic E-state index is -0.689. The number of nitrogens with one attached hydrogen (secondary N) is 1. The van der Waals surface area contributed by atoms with Crippen LogP contribution < -0.4 is 0 Å². The molecule has 1 aromatic rings. The number of carbonyl (C=O) groups is 1. The first kappa shape index (κ1) is 11.2. The van der Waals surface area contributed by atoms with Crippen LogP contribution in [0.5, 0.6) is 0 Å². The summed E-state index contributed by atoms with van der Waals surface area (Å²) in [5.41, 5.74) is 2.11. The van der Waals surface area contributed by atoms with Gasteiger partial charge in [-0.3, -0.25) is 4.79 Å². The fourth-order valence-corrected chi connectivity index (χ4v) is 2.23. The van der Waals surface area contributed by atoms with Gasteiger partial charge in [-0.2, -0.15) is 0 Å². The molecule has 4 nitrogen and oxygen atoms in total. The number of imidazole rings is 1. The number of rotatable bonds is 3.